The second-order valence-corrected chi connectivity index (χ2v) is 20.2. The summed E-state index contributed by atoms with van der Waals surface area (Å²) in [5.41, 5.74) is 0. The fraction of sp³-hybridized carbons (Fsp3) is 0.716. The Labute approximate surface area is 451 Å². The molecule has 6 heteroatoms. The molecule has 418 valence electrons. The van der Waals surface area contributed by atoms with Gasteiger partial charge in [-0.15, -0.1) is 0 Å². The maximum atomic E-state index is 12.8. The van der Waals surface area contributed by atoms with E-state index in [9.17, 15) is 14.4 Å². The number of hydrogen-bond acceptors (Lipinski definition) is 6. The molecular formula is C67H114O6. The van der Waals surface area contributed by atoms with Gasteiger partial charge in [0.25, 0.3) is 0 Å². The fourth-order valence-corrected chi connectivity index (χ4v) is 8.44. The van der Waals surface area contributed by atoms with Gasteiger partial charge in [0.05, 0.1) is 0 Å². The van der Waals surface area contributed by atoms with Crippen molar-refractivity contribution in [1.82, 2.24) is 0 Å². The van der Waals surface area contributed by atoms with Gasteiger partial charge in [0.15, 0.2) is 6.10 Å². The van der Waals surface area contributed by atoms with Crippen molar-refractivity contribution in [2.24, 2.45) is 0 Å². The molecule has 0 saturated carbocycles. The van der Waals surface area contributed by atoms with Crippen molar-refractivity contribution >= 4 is 17.9 Å². The molecule has 0 spiro atoms. The minimum absolute atomic E-state index is 0.103. The molecule has 0 bridgehead atoms. The lowest BCUT2D eigenvalue weighted by atomic mass is 10.0. The summed E-state index contributed by atoms with van der Waals surface area (Å²) in [7, 11) is 0. The van der Waals surface area contributed by atoms with E-state index in [0.29, 0.717) is 19.3 Å². The van der Waals surface area contributed by atoms with E-state index in [2.05, 4.69) is 118 Å². The summed E-state index contributed by atoms with van der Waals surface area (Å²) in [6.45, 7) is 6.46. The molecule has 0 amide bonds. The van der Waals surface area contributed by atoms with Crippen molar-refractivity contribution in [2.45, 2.75) is 297 Å². The Morgan fingerprint density at radius 3 is 0.904 bits per heavy atom. The first-order chi connectivity index (χ1) is 36.0. The zero-order valence-electron chi connectivity index (χ0n) is 47.9. The van der Waals surface area contributed by atoms with Crippen LogP contribution in [0.5, 0.6) is 0 Å². The highest BCUT2D eigenvalue weighted by atomic mass is 16.6. The molecule has 0 N–H and O–H groups in total. The molecule has 0 radical (unpaired) electrons. The van der Waals surface area contributed by atoms with E-state index in [-0.39, 0.29) is 37.5 Å². The SMILES string of the molecule is CC/C=C\C/C=C\C/C=C\C/C=C\C/C=C\CCCC(=O)OC(COC(=O)CCCCCCC/C=C\CCCCCC)COC(=O)CCCCCCCCCCCCCCC/C=C\C/C=C\CCCCCCC. The van der Waals surface area contributed by atoms with Crippen LogP contribution in [0.1, 0.15) is 290 Å². The van der Waals surface area contributed by atoms with Crippen LogP contribution in [0, 0.1) is 0 Å². The third kappa shape index (κ3) is 59.1. The highest BCUT2D eigenvalue weighted by molar-refractivity contribution is 5.71. The molecule has 0 heterocycles. The van der Waals surface area contributed by atoms with Gasteiger partial charge >= 0.3 is 17.9 Å². The molecule has 0 aliphatic heterocycles. The van der Waals surface area contributed by atoms with Crippen LogP contribution < -0.4 is 0 Å². The molecule has 1 atom stereocenters. The number of unbranched alkanes of at least 4 members (excludes halogenated alkanes) is 28. The second-order valence-electron chi connectivity index (χ2n) is 20.2. The van der Waals surface area contributed by atoms with Crippen LogP contribution in [0.15, 0.2) is 97.2 Å². The number of hydrogen-bond donors (Lipinski definition) is 0. The first kappa shape index (κ1) is 69.3. The standard InChI is InChI=1S/C67H114O6/c1-4-7-10-13-16-19-22-25-27-29-30-31-32-33-34-35-36-38-39-42-45-48-51-54-57-60-66(69)72-63-64(62-71-65(68)59-56-53-50-47-44-41-24-21-18-15-12-9-6-3)73-67(70)61-58-55-52-49-46-43-40-37-28-26-23-20-17-14-11-8-5-2/h8,11,17,20-22,24-26,28-30,40,43,49,52,64H,4-7,9-10,12-16,18-19,23,27,31-39,41-42,44-48,50-51,53-63H2,1-3H3/b11-8-,20-17-,24-21-,25-22-,28-26-,30-29-,43-40-,52-49-. The highest BCUT2D eigenvalue weighted by Gasteiger charge is 2.19. The smallest absolute Gasteiger partial charge is 0.306 e. The van der Waals surface area contributed by atoms with Gasteiger partial charge < -0.3 is 14.2 Å². The first-order valence-electron chi connectivity index (χ1n) is 30.7. The maximum Gasteiger partial charge on any atom is 0.306 e. The third-order valence-electron chi connectivity index (χ3n) is 13.0. The summed E-state index contributed by atoms with van der Waals surface area (Å²) in [4.78, 5) is 38.2. The summed E-state index contributed by atoms with van der Waals surface area (Å²) < 4.78 is 16.8. The molecule has 73 heavy (non-hydrogen) atoms. The van der Waals surface area contributed by atoms with Crippen molar-refractivity contribution in [3.05, 3.63) is 97.2 Å². The molecular weight excluding hydrogens is 901 g/mol. The predicted octanol–water partition coefficient (Wildman–Crippen LogP) is 20.9. The Hall–Kier alpha value is -3.67. The molecule has 0 aliphatic carbocycles. The molecule has 0 aromatic carbocycles. The van der Waals surface area contributed by atoms with Gasteiger partial charge in [-0.25, -0.2) is 0 Å². The number of esters is 3. The highest BCUT2D eigenvalue weighted by Crippen LogP contribution is 2.15. The quantitative estimate of drug-likeness (QED) is 0.0261. The van der Waals surface area contributed by atoms with Gasteiger partial charge in [0.1, 0.15) is 13.2 Å². The molecule has 0 rings (SSSR count). The van der Waals surface area contributed by atoms with Crippen LogP contribution in [0.4, 0.5) is 0 Å². The minimum atomic E-state index is -0.812. The Bertz CT molecular complexity index is 1440. The number of allylic oxidation sites excluding steroid dienone is 16. The van der Waals surface area contributed by atoms with Gasteiger partial charge in [-0.2, -0.15) is 0 Å². The molecule has 6 nitrogen and oxygen atoms in total. The molecule has 0 aromatic heterocycles. The normalized spacial score (nSPS) is 12.8. The van der Waals surface area contributed by atoms with E-state index in [1.807, 2.05) is 0 Å². The second kappa shape index (κ2) is 60.9. The van der Waals surface area contributed by atoms with Crippen LogP contribution in [-0.4, -0.2) is 37.2 Å². The average molecular weight is 1020 g/mol. The first-order valence-corrected chi connectivity index (χ1v) is 30.7. The number of ether oxygens (including phenoxy) is 3. The Morgan fingerprint density at radius 2 is 0.548 bits per heavy atom. The summed E-state index contributed by atoms with van der Waals surface area (Å²) in [6, 6.07) is 0. The lowest BCUT2D eigenvalue weighted by molar-refractivity contribution is -0.167. The summed E-state index contributed by atoms with van der Waals surface area (Å²) >= 11 is 0. The van der Waals surface area contributed by atoms with Crippen molar-refractivity contribution in [3.8, 4) is 0 Å². The summed E-state index contributed by atoms with van der Waals surface area (Å²) in [5.74, 6) is -0.966. The maximum absolute atomic E-state index is 12.8. The Kier molecular flexibility index (Phi) is 57.8. The van der Waals surface area contributed by atoms with Crippen LogP contribution in [0.25, 0.3) is 0 Å². The average Bonchev–Trinajstić information content (AvgIpc) is 3.39. The van der Waals surface area contributed by atoms with Gasteiger partial charge in [0, 0.05) is 19.3 Å². The van der Waals surface area contributed by atoms with Gasteiger partial charge in [-0.05, 0) is 116 Å². The third-order valence-corrected chi connectivity index (χ3v) is 13.0. The van der Waals surface area contributed by atoms with E-state index in [1.54, 1.807) is 0 Å². The van der Waals surface area contributed by atoms with Crippen molar-refractivity contribution in [1.29, 1.82) is 0 Å². The fourth-order valence-electron chi connectivity index (χ4n) is 8.44. The topological polar surface area (TPSA) is 78.9 Å². The van der Waals surface area contributed by atoms with Crippen LogP contribution in [-0.2, 0) is 28.6 Å². The van der Waals surface area contributed by atoms with Gasteiger partial charge in [-0.1, -0.05) is 253 Å². The van der Waals surface area contributed by atoms with Crippen LogP contribution in [0.2, 0.25) is 0 Å². The lowest BCUT2D eigenvalue weighted by Gasteiger charge is -2.18. The number of rotatable bonds is 55. The molecule has 0 saturated heterocycles. The zero-order chi connectivity index (χ0) is 52.9. The minimum Gasteiger partial charge on any atom is -0.462 e. The van der Waals surface area contributed by atoms with Crippen molar-refractivity contribution in [2.75, 3.05) is 13.2 Å². The van der Waals surface area contributed by atoms with E-state index in [4.69, 9.17) is 14.2 Å². The summed E-state index contributed by atoms with van der Waals surface area (Å²) in [6.07, 6.45) is 81.3. The van der Waals surface area contributed by atoms with E-state index in [1.165, 1.54) is 148 Å². The molecule has 0 aliphatic rings. The van der Waals surface area contributed by atoms with E-state index < -0.39 is 6.10 Å². The van der Waals surface area contributed by atoms with E-state index in [0.717, 1.165) is 96.3 Å². The number of carbonyl (C=O) groups excluding carboxylic acids is 3. The number of carbonyl (C=O) groups is 3. The zero-order valence-corrected chi connectivity index (χ0v) is 47.9. The Morgan fingerprint density at radius 1 is 0.288 bits per heavy atom. The predicted molar refractivity (Wildman–Crippen MR) is 316 cm³/mol. The lowest BCUT2D eigenvalue weighted by Crippen LogP contribution is -2.30. The van der Waals surface area contributed by atoms with Crippen molar-refractivity contribution in [3.63, 3.8) is 0 Å². The molecule has 1 unspecified atom stereocenters. The van der Waals surface area contributed by atoms with Crippen LogP contribution >= 0.6 is 0 Å². The molecule has 0 aromatic rings. The largest absolute Gasteiger partial charge is 0.462 e. The van der Waals surface area contributed by atoms with E-state index >= 15 is 0 Å². The monoisotopic (exact) mass is 1010 g/mol. The molecule has 0 fully saturated rings. The van der Waals surface area contributed by atoms with Crippen LogP contribution in [0.3, 0.4) is 0 Å². The Balaban J connectivity index is 4.36. The summed E-state index contributed by atoms with van der Waals surface area (Å²) in [5, 5.41) is 0. The van der Waals surface area contributed by atoms with Crippen molar-refractivity contribution < 1.29 is 28.6 Å². The van der Waals surface area contributed by atoms with Gasteiger partial charge in [-0.3, -0.25) is 14.4 Å². The van der Waals surface area contributed by atoms with Gasteiger partial charge in [0.2, 0.25) is 0 Å².